The van der Waals surface area contributed by atoms with E-state index in [0.717, 1.165) is 17.1 Å². The Morgan fingerprint density at radius 2 is 2.00 bits per heavy atom. The highest BCUT2D eigenvalue weighted by Gasteiger charge is 2.62. The Hall–Kier alpha value is -2.16. The Balaban J connectivity index is 2.67. The smallest absolute Gasteiger partial charge is 0.287 e. The summed E-state index contributed by atoms with van der Waals surface area (Å²) in [7, 11) is 0. The lowest BCUT2D eigenvalue weighted by atomic mass is 9.82. The monoisotopic (exact) mass is 359 g/mol. The number of hydrogen-bond donors (Lipinski definition) is 1. The highest BCUT2D eigenvalue weighted by atomic mass is 19.4. The molecule has 1 aromatic carbocycles. The van der Waals surface area contributed by atoms with Crippen LogP contribution in [-0.2, 0) is 10.3 Å². The number of nitro benzene ring substituents is 1. The fourth-order valence-electron chi connectivity index (χ4n) is 3.14. The largest absolute Gasteiger partial charge is 0.412 e. The van der Waals surface area contributed by atoms with E-state index in [9.17, 15) is 28.1 Å². The number of carbonyl (C=O) groups is 1. The number of halogens is 3. The van der Waals surface area contributed by atoms with Crippen LogP contribution in [0.5, 0.6) is 0 Å². The maximum atomic E-state index is 14.2. The van der Waals surface area contributed by atoms with Gasteiger partial charge in [-0.3, -0.25) is 20.3 Å². The molecule has 1 aliphatic rings. The Kier molecular flexibility index (Phi) is 4.82. The normalized spacial score (nSPS) is 20.2. The highest BCUT2D eigenvalue weighted by molar-refractivity contribution is 5.83. The SMILES string of the molecule is CCCC(c1cccc([N+](=O)[O-])c1)(N1CC(C)(C)C(=O)N1)C(F)(F)F. The number of hydrogen-bond acceptors (Lipinski definition) is 4. The average molecular weight is 359 g/mol. The van der Waals surface area contributed by atoms with E-state index in [4.69, 9.17) is 0 Å². The van der Waals surface area contributed by atoms with Gasteiger partial charge in [-0.15, -0.1) is 0 Å². The van der Waals surface area contributed by atoms with Crippen molar-refractivity contribution in [2.45, 2.75) is 45.3 Å². The van der Waals surface area contributed by atoms with Crippen molar-refractivity contribution in [1.29, 1.82) is 0 Å². The van der Waals surface area contributed by atoms with Crippen LogP contribution < -0.4 is 5.43 Å². The van der Waals surface area contributed by atoms with Crippen molar-refractivity contribution in [1.82, 2.24) is 10.4 Å². The number of nitrogens with one attached hydrogen (secondary N) is 1. The van der Waals surface area contributed by atoms with Gasteiger partial charge in [-0.2, -0.15) is 13.2 Å². The first kappa shape index (κ1) is 19.2. The van der Waals surface area contributed by atoms with Crippen LogP contribution in [0, 0.1) is 15.5 Å². The first-order chi connectivity index (χ1) is 11.5. The van der Waals surface area contributed by atoms with Crippen LogP contribution in [0.2, 0.25) is 0 Å². The number of benzene rings is 1. The fraction of sp³-hybridized carbons (Fsp3) is 0.562. The quantitative estimate of drug-likeness (QED) is 0.645. The Bertz CT molecular complexity index is 691. The Morgan fingerprint density at radius 3 is 2.44 bits per heavy atom. The molecule has 1 heterocycles. The minimum Gasteiger partial charge on any atom is -0.287 e. The van der Waals surface area contributed by atoms with Crippen molar-refractivity contribution in [2.75, 3.05) is 6.54 Å². The zero-order valence-electron chi connectivity index (χ0n) is 14.2. The standard InChI is InChI=1S/C16H20F3N3O3/c1-4-8-15(16(17,18)19,21-10-14(2,3)13(23)20-21)11-6-5-7-12(9-11)22(24)25/h5-7,9H,4,8,10H2,1-3H3,(H,20,23). The van der Waals surface area contributed by atoms with Gasteiger partial charge in [0.25, 0.3) is 5.69 Å². The summed E-state index contributed by atoms with van der Waals surface area (Å²) in [5.74, 6) is -0.511. The molecule has 1 atom stereocenters. The molecule has 0 bridgehead atoms. The van der Waals surface area contributed by atoms with Crippen LogP contribution in [0.25, 0.3) is 0 Å². The number of non-ortho nitro benzene ring substituents is 1. The van der Waals surface area contributed by atoms with E-state index in [1.54, 1.807) is 20.8 Å². The molecule has 9 heteroatoms. The molecule has 1 aliphatic heterocycles. The summed E-state index contributed by atoms with van der Waals surface area (Å²) in [6.07, 6.45) is -4.91. The minimum absolute atomic E-state index is 0.159. The number of nitrogens with zero attached hydrogens (tertiary/aromatic N) is 2. The number of rotatable bonds is 5. The predicted molar refractivity (Wildman–Crippen MR) is 84.4 cm³/mol. The van der Waals surface area contributed by atoms with Crippen molar-refractivity contribution in [3.05, 3.63) is 39.9 Å². The number of alkyl halides is 3. The van der Waals surface area contributed by atoms with Crippen molar-refractivity contribution >= 4 is 11.6 Å². The van der Waals surface area contributed by atoms with E-state index in [2.05, 4.69) is 5.43 Å². The van der Waals surface area contributed by atoms with Gasteiger partial charge in [-0.1, -0.05) is 25.5 Å². The Labute approximate surface area is 143 Å². The van der Waals surface area contributed by atoms with Crippen molar-refractivity contribution in [3.8, 4) is 0 Å². The summed E-state index contributed by atoms with van der Waals surface area (Å²) < 4.78 is 42.7. The lowest BCUT2D eigenvalue weighted by Gasteiger charge is -2.43. The topological polar surface area (TPSA) is 75.5 Å². The summed E-state index contributed by atoms with van der Waals surface area (Å²) in [6.45, 7) is 4.56. The van der Waals surface area contributed by atoms with Gasteiger partial charge in [-0.25, -0.2) is 5.01 Å². The van der Waals surface area contributed by atoms with E-state index >= 15 is 0 Å². The Morgan fingerprint density at radius 1 is 1.36 bits per heavy atom. The summed E-state index contributed by atoms with van der Waals surface area (Å²) >= 11 is 0. The summed E-state index contributed by atoms with van der Waals surface area (Å²) in [5, 5.41) is 11.9. The van der Waals surface area contributed by atoms with Crippen molar-refractivity contribution < 1.29 is 22.9 Å². The van der Waals surface area contributed by atoms with E-state index < -0.39 is 33.6 Å². The zero-order chi connectivity index (χ0) is 19.0. The van der Waals surface area contributed by atoms with Gasteiger partial charge >= 0.3 is 6.18 Å². The van der Waals surface area contributed by atoms with Crippen LogP contribution in [0.1, 0.15) is 39.2 Å². The van der Waals surface area contributed by atoms with Gasteiger partial charge in [0.05, 0.1) is 10.3 Å². The van der Waals surface area contributed by atoms with Gasteiger partial charge in [0.15, 0.2) is 5.54 Å². The van der Waals surface area contributed by atoms with Gasteiger partial charge in [0.2, 0.25) is 5.91 Å². The maximum Gasteiger partial charge on any atom is 0.412 e. The van der Waals surface area contributed by atoms with E-state index in [-0.39, 0.29) is 24.9 Å². The molecule has 0 spiro atoms. The third kappa shape index (κ3) is 3.20. The van der Waals surface area contributed by atoms with E-state index in [1.165, 1.54) is 12.1 Å². The second-order valence-electron chi connectivity index (χ2n) is 6.83. The van der Waals surface area contributed by atoms with Crippen molar-refractivity contribution in [3.63, 3.8) is 0 Å². The molecule has 1 aromatic rings. The lowest BCUT2D eigenvalue weighted by molar-refractivity contribution is -0.385. The molecule has 1 unspecified atom stereocenters. The van der Waals surface area contributed by atoms with Crippen LogP contribution in [-0.4, -0.2) is 28.6 Å². The van der Waals surface area contributed by atoms with Crippen molar-refractivity contribution in [2.24, 2.45) is 5.41 Å². The fourth-order valence-corrected chi connectivity index (χ4v) is 3.14. The second kappa shape index (κ2) is 6.29. The maximum absolute atomic E-state index is 14.2. The summed E-state index contributed by atoms with van der Waals surface area (Å²) in [6, 6.07) is 4.52. The highest BCUT2D eigenvalue weighted by Crippen LogP contribution is 2.49. The summed E-state index contributed by atoms with van der Waals surface area (Å²) in [5.41, 5.74) is -1.88. The zero-order valence-corrected chi connectivity index (χ0v) is 14.2. The molecule has 0 saturated carbocycles. The number of nitro groups is 1. The molecule has 1 saturated heterocycles. The number of carbonyl (C=O) groups excluding carboxylic acids is 1. The minimum atomic E-state index is -4.74. The molecular weight excluding hydrogens is 339 g/mol. The van der Waals surface area contributed by atoms with E-state index in [0.29, 0.717) is 0 Å². The lowest BCUT2D eigenvalue weighted by Crippen LogP contribution is -2.59. The average Bonchev–Trinajstić information content (AvgIpc) is 2.77. The molecule has 1 amide bonds. The van der Waals surface area contributed by atoms with Gasteiger partial charge < -0.3 is 0 Å². The number of hydrazine groups is 1. The number of amides is 1. The molecule has 2 rings (SSSR count). The molecule has 6 nitrogen and oxygen atoms in total. The third-order valence-electron chi connectivity index (χ3n) is 4.48. The van der Waals surface area contributed by atoms with Crippen LogP contribution in [0.4, 0.5) is 18.9 Å². The third-order valence-corrected chi connectivity index (χ3v) is 4.48. The van der Waals surface area contributed by atoms with Gasteiger partial charge in [0, 0.05) is 18.7 Å². The van der Waals surface area contributed by atoms with E-state index in [1.807, 2.05) is 0 Å². The summed E-state index contributed by atoms with van der Waals surface area (Å²) in [4.78, 5) is 22.3. The van der Waals surface area contributed by atoms with Gasteiger partial charge in [-0.05, 0) is 25.8 Å². The molecule has 0 aliphatic carbocycles. The van der Waals surface area contributed by atoms with Crippen LogP contribution in [0.15, 0.2) is 24.3 Å². The predicted octanol–water partition coefficient (Wildman–Crippen LogP) is 3.53. The molecule has 1 fully saturated rings. The van der Waals surface area contributed by atoms with Crippen LogP contribution >= 0.6 is 0 Å². The second-order valence-corrected chi connectivity index (χ2v) is 6.83. The molecule has 1 N–H and O–H groups in total. The first-order valence-electron chi connectivity index (χ1n) is 7.86. The van der Waals surface area contributed by atoms with Crippen LogP contribution in [0.3, 0.4) is 0 Å². The molecule has 138 valence electrons. The molecular formula is C16H20F3N3O3. The first-order valence-corrected chi connectivity index (χ1v) is 7.86. The van der Waals surface area contributed by atoms with Gasteiger partial charge in [0.1, 0.15) is 0 Å². The molecule has 0 aromatic heterocycles. The molecule has 25 heavy (non-hydrogen) atoms. The molecule has 0 radical (unpaired) electrons.